The van der Waals surface area contributed by atoms with E-state index in [1.165, 1.54) is 10.5 Å². The van der Waals surface area contributed by atoms with Crippen LogP contribution in [0.4, 0.5) is 0 Å². The molecule has 3 rings (SSSR count). The minimum Gasteiger partial charge on any atom is -0.352 e. The molecule has 2 nitrogen and oxygen atoms in total. The summed E-state index contributed by atoms with van der Waals surface area (Å²) in [5.41, 5.74) is 1.33. The number of amides is 1. The molecule has 1 aliphatic rings. The molecule has 2 aromatic rings. The van der Waals surface area contributed by atoms with Crippen LogP contribution >= 0.6 is 11.8 Å². The smallest absolute Gasteiger partial charge is 0.236 e. The number of rotatable bonds is 7. The van der Waals surface area contributed by atoms with E-state index < -0.39 is 0 Å². The molecule has 0 saturated heterocycles. The second-order valence-corrected chi connectivity index (χ2v) is 7.77. The molecule has 0 aliphatic heterocycles. The molecule has 3 heteroatoms. The summed E-state index contributed by atoms with van der Waals surface area (Å²) in [4.78, 5) is 13.8. The van der Waals surface area contributed by atoms with Crippen LogP contribution in [0.2, 0.25) is 0 Å². The van der Waals surface area contributed by atoms with Crippen LogP contribution in [0.1, 0.15) is 31.7 Å². The number of benzene rings is 2. The van der Waals surface area contributed by atoms with E-state index in [1.807, 2.05) is 24.3 Å². The molecule has 0 spiro atoms. The summed E-state index contributed by atoms with van der Waals surface area (Å²) in [6.45, 7) is 2.10. The minimum absolute atomic E-state index is 0.201. The van der Waals surface area contributed by atoms with Gasteiger partial charge < -0.3 is 5.32 Å². The molecule has 1 fully saturated rings. The zero-order valence-electron chi connectivity index (χ0n) is 13.5. The molecule has 2 aromatic carbocycles. The Morgan fingerprint density at radius 1 is 1.09 bits per heavy atom. The number of carbonyl (C=O) groups is 1. The monoisotopic (exact) mass is 325 g/mol. The summed E-state index contributed by atoms with van der Waals surface area (Å²) in [6, 6.07) is 20.9. The highest BCUT2D eigenvalue weighted by Gasteiger charge is 2.51. The molecule has 120 valence electrons. The van der Waals surface area contributed by atoms with Gasteiger partial charge in [0.05, 0.1) is 4.75 Å². The van der Waals surface area contributed by atoms with Gasteiger partial charge in [-0.05, 0) is 50.3 Å². The van der Waals surface area contributed by atoms with Gasteiger partial charge in [-0.3, -0.25) is 4.79 Å². The summed E-state index contributed by atoms with van der Waals surface area (Å²) in [5, 5.41) is 3.21. The van der Waals surface area contributed by atoms with Crippen LogP contribution in [0.25, 0.3) is 0 Å². The van der Waals surface area contributed by atoms with E-state index in [0.717, 1.165) is 25.7 Å². The molecule has 0 radical (unpaired) electrons. The van der Waals surface area contributed by atoms with Crippen molar-refractivity contribution >= 4 is 17.7 Å². The topological polar surface area (TPSA) is 29.1 Å². The Bertz CT molecular complexity index is 637. The molecule has 23 heavy (non-hydrogen) atoms. The fourth-order valence-electron chi connectivity index (χ4n) is 2.66. The van der Waals surface area contributed by atoms with Crippen molar-refractivity contribution in [2.24, 2.45) is 0 Å². The SMILES string of the molecule is CC(CCc1ccccc1)NC(=O)C1(Sc2ccccc2)CC1. The van der Waals surface area contributed by atoms with Crippen molar-refractivity contribution in [3.05, 3.63) is 66.2 Å². The van der Waals surface area contributed by atoms with Gasteiger partial charge in [-0.25, -0.2) is 0 Å². The van der Waals surface area contributed by atoms with Gasteiger partial charge in [0.1, 0.15) is 0 Å². The lowest BCUT2D eigenvalue weighted by atomic mass is 10.1. The maximum absolute atomic E-state index is 12.6. The first-order chi connectivity index (χ1) is 11.2. The Balaban J connectivity index is 1.50. The molecule has 1 saturated carbocycles. The summed E-state index contributed by atoms with van der Waals surface area (Å²) in [6.07, 6.45) is 3.93. The van der Waals surface area contributed by atoms with Gasteiger partial charge in [-0.2, -0.15) is 0 Å². The van der Waals surface area contributed by atoms with E-state index in [1.54, 1.807) is 11.8 Å². The van der Waals surface area contributed by atoms with Crippen molar-refractivity contribution < 1.29 is 4.79 Å². The van der Waals surface area contributed by atoms with Gasteiger partial charge in [0.2, 0.25) is 5.91 Å². The van der Waals surface area contributed by atoms with Gasteiger partial charge >= 0.3 is 0 Å². The third-order valence-electron chi connectivity index (χ3n) is 4.26. The van der Waals surface area contributed by atoms with E-state index in [-0.39, 0.29) is 16.7 Å². The standard InChI is InChI=1S/C20H23NOS/c1-16(12-13-17-8-4-2-5-9-17)21-19(22)20(14-15-20)23-18-10-6-3-7-11-18/h2-11,16H,12-15H2,1H3,(H,21,22). The third-order valence-corrected chi connectivity index (χ3v) is 5.75. The molecule has 0 bridgehead atoms. The van der Waals surface area contributed by atoms with Gasteiger partial charge in [-0.1, -0.05) is 48.5 Å². The van der Waals surface area contributed by atoms with Gasteiger partial charge in [0.15, 0.2) is 0 Å². The van der Waals surface area contributed by atoms with Crippen LogP contribution < -0.4 is 5.32 Å². The van der Waals surface area contributed by atoms with Crippen molar-refractivity contribution in [1.29, 1.82) is 0 Å². The van der Waals surface area contributed by atoms with E-state index in [0.29, 0.717) is 0 Å². The highest BCUT2D eigenvalue weighted by atomic mass is 32.2. The molecule has 1 amide bonds. The highest BCUT2D eigenvalue weighted by molar-refractivity contribution is 8.01. The molecule has 1 N–H and O–H groups in total. The van der Waals surface area contributed by atoms with Crippen LogP contribution in [-0.4, -0.2) is 16.7 Å². The van der Waals surface area contributed by atoms with Crippen molar-refractivity contribution in [2.45, 2.75) is 48.3 Å². The van der Waals surface area contributed by atoms with Crippen molar-refractivity contribution in [3.63, 3.8) is 0 Å². The number of thioether (sulfide) groups is 1. The molecule has 1 atom stereocenters. The van der Waals surface area contributed by atoms with E-state index in [2.05, 4.69) is 48.6 Å². The molecule has 0 heterocycles. The lowest BCUT2D eigenvalue weighted by Gasteiger charge is -2.19. The molecule has 1 aliphatic carbocycles. The Labute approximate surface area is 142 Å². The second-order valence-electron chi connectivity index (χ2n) is 6.31. The minimum atomic E-state index is -0.234. The lowest BCUT2D eigenvalue weighted by molar-refractivity contribution is -0.121. The zero-order valence-corrected chi connectivity index (χ0v) is 14.3. The highest BCUT2D eigenvalue weighted by Crippen LogP contribution is 2.51. The fourth-order valence-corrected chi connectivity index (χ4v) is 3.86. The van der Waals surface area contributed by atoms with Crippen molar-refractivity contribution in [2.75, 3.05) is 0 Å². The normalized spacial score (nSPS) is 16.6. The molecular formula is C20H23NOS. The Morgan fingerprint density at radius 3 is 2.30 bits per heavy atom. The summed E-state index contributed by atoms with van der Waals surface area (Å²) >= 11 is 1.71. The number of hydrogen-bond acceptors (Lipinski definition) is 2. The first-order valence-corrected chi connectivity index (χ1v) is 9.09. The maximum atomic E-state index is 12.6. The van der Waals surface area contributed by atoms with Gasteiger partial charge in [-0.15, -0.1) is 11.8 Å². The molecular weight excluding hydrogens is 302 g/mol. The molecule has 0 aromatic heterocycles. The van der Waals surface area contributed by atoms with Crippen LogP contribution in [0.5, 0.6) is 0 Å². The number of nitrogens with one attached hydrogen (secondary N) is 1. The lowest BCUT2D eigenvalue weighted by Crippen LogP contribution is -2.40. The zero-order chi connectivity index (χ0) is 16.1. The van der Waals surface area contributed by atoms with Crippen LogP contribution in [-0.2, 0) is 11.2 Å². The summed E-state index contributed by atoms with van der Waals surface area (Å²) in [7, 11) is 0. The second kappa shape index (κ2) is 7.22. The largest absolute Gasteiger partial charge is 0.352 e. The third kappa shape index (κ3) is 4.38. The average Bonchev–Trinajstić information content (AvgIpc) is 3.36. The van der Waals surface area contributed by atoms with Crippen molar-refractivity contribution in [1.82, 2.24) is 5.32 Å². The first kappa shape index (κ1) is 16.1. The van der Waals surface area contributed by atoms with E-state index in [4.69, 9.17) is 0 Å². The van der Waals surface area contributed by atoms with Gasteiger partial charge in [0.25, 0.3) is 0 Å². The molecule has 1 unspecified atom stereocenters. The number of carbonyl (C=O) groups excluding carboxylic acids is 1. The predicted molar refractivity (Wildman–Crippen MR) is 96.6 cm³/mol. The van der Waals surface area contributed by atoms with E-state index in [9.17, 15) is 4.79 Å². The van der Waals surface area contributed by atoms with Gasteiger partial charge in [0, 0.05) is 10.9 Å². The predicted octanol–water partition coefficient (Wildman–Crippen LogP) is 4.45. The fraction of sp³-hybridized carbons (Fsp3) is 0.350. The van der Waals surface area contributed by atoms with Crippen LogP contribution in [0.3, 0.4) is 0 Å². The quantitative estimate of drug-likeness (QED) is 0.815. The van der Waals surface area contributed by atoms with Crippen LogP contribution in [0.15, 0.2) is 65.6 Å². The maximum Gasteiger partial charge on any atom is 0.236 e. The first-order valence-electron chi connectivity index (χ1n) is 8.27. The van der Waals surface area contributed by atoms with Crippen molar-refractivity contribution in [3.8, 4) is 0 Å². The average molecular weight is 325 g/mol. The Hall–Kier alpha value is -1.74. The summed E-state index contributed by atoms with van der Waals surface area (Å²) in [5.74, 6) is 0.201. The Morgan fingerprint density at radius 2 is 1.70 bits per heavy atom. The Kier molecular flexibility index (Phi) is 5.06. The number of hydrogen-bond donors (Lipinski definition) is 1. The van der Waals surface area contributed by atoms with E-state index >= 15 is 0 Å². The van der Waals surface area contributed by atoms with Crippen LogP contribution in [0, 0.1) is 0 Å². The summed E-state index contributed by atoms with van der Waals surface area (Å²) < 4.78 is -0.234. The number of aryl methyl sites for hydroxylation is 1.